The van der Waals surface area contributed by atoms with E-state index >= 15 is 0 Å². The van der Waals surface area contributed by atoms with E-state index in [0.717, 1.165) is 5.92 Å². The predicted molar refractivity (Wildman–Crippen MR) is 77.0 cm³/mol. The van der Waals surface area contributed by atoms with Gasteiger partial charge in [-0.15, -0.1) is 0 Å². The molecule has 0 aliphatic heterocycles. The fourth-order valence-electron chi connectivity index (χ4n) is 2.80. The number of aryl methyl sites for hydroxylation is 1. The lowest BCUT2D eigenvalue weighted by Gasteiger charge is -2.37. The molecule has 0 saturated heterocycles. The molecule has 0 radical (unpaired) electrons. The highest BCUT2D eigenvalue weighted by Crippen LogP contribution is 2.39. The van der Waals surface area contributed by atoms with E-state index in [2.05, 4.69) is 66.8 Å². The van der Waals surface area contributed by atoms with Crippen LogP contribution in [0.5, 0.6) is 0 Å². The third-order valence-corrected chi connectivity index (χ3v) is 3.91. The molecule has 0 aromatic heterocycles. The topological polar surface area (TPSA) is 12.0 Å². The Morgan fingerprint density at radius 1 is 0.889 bits per heavy atom. The van der Waals surface area contributed by atoms with Crippen molar-refractivity contribution in [2.75, 3.05) is 5.32 Å². The Balaban J connectivity index is 1.59. The Hall–Kier alpha value is -1.76. The van der Waals surface area contributed by atoms with Crippen LogP contribution in [-0.4, -0.2) is 6.04 Å². The number of hydrogen-bond donors (Lipinski definition) is 1. The van der Waals surface area contributed by atoms with Crippen molar-refractivity contribution in [3.8, 4) is 0 Å². The molecule has 0 unspecified atom stereocenters. The van der Waals surface area contributed by atoms with Gasteiger partial charge in [-0.2, -0.15) is 0 Å². The van der Waals surface area contributed by atoms with Crippen molar-refractivity contribution in [2.24, 2.45) is 0 Å². The minimum absolute atomic E-state index is 0.636. The lowest BCUT2D eigenvalue weighted by Crippen LogP contribution is -2.34. The van der Waals surface area contributed by atoms with E-state index in [0.29, 0.717) is 6.04 Å². The van der Waals surface area contributed by atoms with E-state index in [4.69, 9.17) is 0 Å². The molecule has 3 rings (SSSR count). The van der Waals surface area contributed by atoms with Crippen molar-refractivity contribution in [3.63, 3.8) is 0 Å². The number of para-hydroxylation sites is 1. The Labute approximate surface area is 109 Å². The molecule has 1 heteroatoms. The smallest absolute Gasteiger partial charge is 0.0342 e. The summed E-state index contributed by atoms with van der Waals surface area (Å²) in [6.45, 7) is 2.22. The van der Waals surface area contributed by atoms with Crippen molar-refractivity contribution in [1.29, 1.82) is 0 Å². The van der Waals surface area contributed by atoms with Gasteiger partial charge in [0.2, 0.25) is 0 Å². The molecule has 0 heterocycles. The molecule has 0 bridgehead atoms. The summed E-state index contributed by atoms with van der Waals surface area (Å²) in [4.78, 5) is 0. The van der Waals surface area contributed by atoms with Crippen LogP contribution in [0.15, 0.2) is 54.6 Å². The molecule has 1 fully saturated rings. The normalized spacial score (nSPS) is 22.3. The summed E-state index contributed by atoms with van der Waals surface area (Å²) >= 11 is 0. The first-order valence-electron chi connectivity index (χ1n) is 6.70. The summed E-state index contributed by atoms with van der Waals surface area (Å²) in [5.74, 6) is 0.743. The van der Waals surface area contributed by atoms with Crippen LogP contribution in [0, 0.1) is 6.92 Å². The zero-order valence-corrected chi connectivity index (χ0v) is 10.8. The Bertz CT molecular complexity index is 512. The average Bonchev–Trinajstić information content (AvgIpc) is 2.36. The van der Waals surface area contributed by atoms with Crippen molar-refractivity contribution in [1.82, 2.24) is 0 Å². The van der Waals surface area contributed by atoms with Crippen LogP contribution >= 0.6 is 0 Å². The molecule has 1 aliphatic rings. The van der Waals surface area contributed by atoms with Crippen molar-refractivity contribution in [2.45, 2.75) is 31.7 Å². The molecule has 18 heavy (non-hydrogen) atoms. The van der Waals surface area contributed by atoms with E-state index in [1.165, 1.54) is 29.7 Å². The standard InChI is InChI=1S/C17H19N/c1-13-7-5-6-10-17(13)14-11-16(12-14)18-15-8-3-2-4-9-15/h2-10,14,16,18H,11-12H2,1H3. The van der Waals surface area contributed by atoms with E-state index < -0.39 is 0 Å². The SMILES string of the molecule is Cc1ccccc1C1CC(Nc2ccccc2)C1. The fraction of sp³-hybridized carbons (Fsp3) is 0.294. The van der Waals surface area contributed by atoms with Gasteiger partial charge in [-0.05, 0) is 48.9 Å². The lowest BCUT2D eigenvalue weighted by molar-refractivity contribution is 0.373. The second-order valence-electron chi connectivity index (χ2n) is 5.23. The predicted octanol–water partition coefficient (Wildman–Crippen LogP) is 4.35. The van der Waals surface area contributed by atoms with E-state index in [1.54, 1.807) is 0 Å². The number of hydrogen-bond acceptors (Lipinski definition) is 1. The minimum Gasteiger partial charge on any atom is -0.382 e. The van der Waals surface area contributed by atoms with Crippen LogP contribution in [0.1, 0.15) is 29.9 Å². The van der Waals surface area contributed by atoms with E-state index in [1.807, 2.05) is 0 Å². The molecule has 1 saturated carbocycles. The fourth-order valence-corrected chi connectivity index (χ4v) is 2.80. The van der Waals surface area contributed by atoms with Gasteiger partial charge >= 0.3 is 0 Å². The van der Waals surface area contributed by atoms with Gasteiger partial charge in [0.15, 0.2) is 0 Å². The number of anilines is 1. The quantitative estimate of drug-likeness (QED) is 0.836. The van der Waals surface area contributed by atoms with E-state index in [9.17, 15) is 0 Å². The van der Waals surface area contributed by atoms with Crippen LogP contribution in [0.2, 0.25) is 0 Å². The second-order valence-corrected chi connectivity index (χ2v) is 5.23. The highest BCUT2D eigenvalue weighted by Gasteiger charge is 2.30. The maximum absolute atomic E-state index is 3.60. The molecule has 0 amide bonds. The molecule has 1 nitrogen and oxygen atoms in total. The van der Waals surface area contributed by atoms with Gasteiger partial charge in [0.05, 0.1) is 0 Å². The molecule has 0 atom stereocenters. The Morgan fingerprint density at radius 3 is 2.28 bits per heavy atom. The molecule has 92 valence electrons. The van der Waals surface area contributed by atoms with Crippen LogP contribution in [0.3, 0.4) is 0 Å². The summed E-state index contributed by atoms with van der Waals surface area (Å²) in [5.41, 5.74) is 4.20. The highest BCUT2D eigenvalue weighted by atomic mass is 14.9. The molecular weight excluding hydrogens is 218 g/mol. The van der Waals surface area contributed by atoms with Gasteiger partial charge < -0.3 is 5.32 Å². The number of rotatable bonds is 3. The first-order chi connectivity index (χ1) is 8.83. The van der Waals surface area contributed by atoms with Crippen molar-refractivity contribution in [3.05, 3.63) is 65.7 Å². The molecule has 2 aromatic rings. The average molecular weight is 237 g/mol. The summed E-state index contributed by atoms with van der Waals surface area (Å²) in [6.07, 6.45) is 2.50. The summed E-state index contributed by atoms with van der Waals surface area (Å²) < 4.78 is 0. The van der Waals surface area contributed by atoms with Gasteiger partial charge in [-0.1, -0.05) is 42.5 Å². The summed E-state index contributed by atoms with van der Waals surface area (Å²) in [5, 5.41) is 3.60. The number of nitrogens with one attached hydrogen (secondary N) is 1. The Kier molecular flexibility index (Phi) is 3.06. The second kappa shape index (κ2) is 4.85. The molecule has 0 spiro atoms. The van der Waals surface area contributed by atoms with Crippen LogP contribution in [-0.2, 0) is 0 Å². The first-order valence-corrected chi connectivity index (χ1v) is 6.70. The molecular formula is C17H19N. The van der Waals surface area contributed by atoms with Gasteiger partial charge in [-0.25, -0.2) is 0 Å². The van der Waals surface area contributed by atoms with Gasteiger partial charge in [0.25, 0.3) is 0 Å². The lowest BCUT2D eigenvalue weighted by atomic mass is 9.74. The van der Waals surface area contributed by atoms with Crippen molar-refractivity contribution < 1.29 is 0 Å². The summed E-state index contributed by atoms with van der Waals surface area (Å²) in [7, 11) is 0. The number of benzene rings is 2. The summed E-state index contributed by atoms with van der Waals surface area (Å²) in [6, 6.07) is 19.9. The van der Waals surface area contributed by atoms with Gasteiger partial charge in [-0.3, -0.25) is 0 Å². The maximum Gasteiger partial charge on any atom is 0.0342 e. The molecule has 1 aliphatic carbocycles. The highest BCUT2D eigenvalue weighted by molar-refractivity contribution is 5.45. The monoisotopic (exact) mass is 237 g/mol. The third-order valence-electron chi connectivity index (χ3n) is 3.91. The third kappa shape index (κ3) is 2.26. The van der Waals surface area contributed by atoms with Crippen LogP contribution in [0.4, 0.5) is 5.69 Å². The van der Waals surface area contributed by atoms with Gasteiger partial charge in [0.1, 0.15) is 0 Å². The van der Waals surface area contributed by atoms with Crippen LogP contribution < -0.4 is 5.32 Å². The molecule has 1 N–H and O–H groups in total. The molecule has 2 aromatic carbocycles. The maximum atomic E-state index is 3.60. The zero-order chi connectivity index (χ0) is 12.4. The first kappa shape index (κ1) is 11.3. The van der Waals surface area contributed by atoms with Crippen LogP contribution in [0.25, 0.3) is 0 Å². The van der Waals surface area contributed by atoms with Gasteiger partial charge in [0, 0.05) is 11.7 Å². The minimum atomic E-state index is 0.636. The van der Waals surface area contributed by atoms with Crippen molar-refractivity contribution >= 4 is 5.69 Å². The zero-order valence-electron chi connectivity index (χ0n) is 10.8. The van der Waals surface area contributed by atoms with E-state index in [-0.39, 0.29) is 0 Å². The Morgan fingerprint density at radius 2 is 1.56 bits per heavy atom. The largest absolute Gasteiger partial charge is 0.382 e.